The Bertz CT molecular complexity index is 192. The lowest BCUT2D eigenvalue weighted by Crippen LogP contribution is -2.36. The molecule has 2 saturated carbocycles. The molecule has 0 spiro atoms. The average molecular weight is 167 g/mol. The molecule has 2 fully saturated rings. The van der Waals surface area contributed by atoms with Gasteiger partial charge in [-0.3, -0.25) is 0 Å². The smallest absolute Gasteiger partial charge is 0.0212 e. The largest absolute Gasteiger partial charge is 0.325 e. The Kier molecular flexibility index (Phi) is 1.47. The molecule has 0 unspecified atom stereocenters. The summed E-state index contributed by atoms with van der Waals surface area (Å²) in [5.74, 6) is 0. The zero-order valence-electron chi connectivity index (χ0n) is 8.61. The summed E-state index contributed by atoms with van der Waals surface area (Å²) in [5.41, 5.74) is 7.58. The highest BCUT2D eigenvalue weighted by molar-refractivity contribution is 5.19. The van der Waals surface area contributed by atoms with Gasteiger partial charge in [0, 0.05) is 5.54 Å². The van der Waals surface area contributed by atoms with E-state index in [9.17, 15) is 0 Å². The van der Waals surface area contributed by atoms with Crippen molar-refractivity contribution >= 4 is 0 Å². The van der Waals surface area contributed by atoms with Gasteiger partial charge in [-0.25, -0.2) is 0 Å². The Labute approximate surface area is 75.7 Å². The zero-order chi connectivity index (χ0) is 9.04. The van der Waals surface area contributed by atoms with Crippen molar-refractivity contribution < 1.29 is 0 Å². The Morgan fingerprint density at radius 2 is 1.58 bits per heavy atom. The molecule has 2 rings (SSSR count). The molecule has 2 aliphatic rings. The van der Waals surface area contributed by atoms with Crippen LogP contribution in [-0.2, 0) is 0 Å². The highest BCUT2D eigenvalue weighted by Crippen LogP contribution is 2.66. The van der Waals surface area contributed by atoms with E-state index in [1.54, 1.807) is 0 Å². The summed E-state index contributed by atoms with van der Waals surface area (Å²) in [5, 5.41) is 0. The predicted octanol–water partition coefficient (Wildman–Crippen LogP) is 2.69. The van der Waals surface area contributed by atoms with Crippen LogP contribution < -0.4 is 5.73 Å². The second-order valence-corrected chi connectivity index (χ2v) is 6.17. The normalized spacial score (nSPS) is 30.0. The van der Waals surface area contributed by atoms with E-state index in [2.05, 4.69) is 20.8 Å². The minimum absolute atomic E-state index is 0.264. The first-order valence-corrected chi connectivity index (χ1v) is 5.16. The lowest BCUT2D eigenvalue weighted by molar-refractivity contribution is 0.231. The van der Waals surface area contributed by atoms with Gasteiger partial charge in [-0.05, 0) is 42.9 Å². The van der Waals surface area contributed by atoms with Crippen molar-refractivity contribution in [2.45, 2.75) is 58.4 Å². The fourth-order valence-electron chi connectivity index (χ4n) is 2.68. The molecular formula is C11H21N. The molecular weight excluding hydrogens is 146 g/mol. The first-order valence-electron chi connectivity index (χ1n) is 5.16. The minimum Gasteiger partial charge on any atom is -0.325 e. The maximum atomic E-state index is 6.29. The van der Waals surface area contributed by atoms with Gasteiger partial charge in [0.05, 0.1) is 0 Å². The van der Waals surface area contributed by atoms with Gasteiger partial charge in [0.2, 0.25) is 0 Å². The molecule has 0 saturated heterocycles. The molecule has 0 aromatic rings. The number of hydrogen-bond acceptors (Lipinski definition) is 1. The maximum absolute atomic E-state index is 6.29. The van der Waals surface area contributed by atoms with Crippen molar-refractivity contribution in [2.24, 2.45) is 16.6 Å². The van der Waals surface area contributed by atoms with Crippen molar-refractivity contribution in [3.8, 4) is 0 Å². The van der Waals surface area contributed by atoms with Crippen LogP contribution in [0.5, 0.6) is 0 Å². The third-order valence-electron chi connectivity index (χ3n) is 3.57. The molecule has 2 N–H and O–H groups in total. The fourth-order valence-corrected chi connectivity index (χ4v) is 2.68. The summed E-state index contributed by atoms with van der Waals surface area (Å²) in [6.07, 6.45) is 6.67. The van der Waals surface area contributed by atoms with E-state index < -0.39 is 0 Å². The van der Waals surface area contributed by atoms with Gasteiger partial charge in [-0.1, -0.05) is 20.8 Å². The van der Waals surface area contributed by atoms with Crippen LogP contribution in [-0.4, -0.2) is 5.54 Å². The van der Waals surface area contributed by atoms with Gasteiger partial charge in [0.15, 0.2) is 0 Å². The van der Waals surface area contributed by atoms with Crippen LogP contribution in [0.3, 0.4) is 0 Å². The lowest BCUT2D eigenvalue weighted by Gasteiger charge is -2.30. The Hall–Kier alpha value is -0.0400. The summed E-state index contributed by atoms with van der Waals surface area (Å²) >= 11 is 0. The SMILES string of the molecule is CC(C)(C)CC1(C2(N)CC2)CC1. The van der Waals surface area contributed by atoms with E-state index in [0.717, 1.165) is 0 Å². The van der Waals surface area contributed by atoms with Gasteiger partial charge >= 0.3 is 0 Å². The highest BCUT2D eigenvalue weighted by atomic mass is 14.9. The fraction of sp³-hybridized carbons (Fsp3) is 1.00. The standard InChI is InChI=1S/C11H21N/c1-9(2,3)8-10(4-5-10)11(12)6-7-11/h4-8,12H2,1-3H3. The maximum Gasteiger partial charge on any atom is 0.0212 e. The van der Waals surface area contributed by atoms with E-state index in [-0.39, 0.29) is 5.54 Å². The van der Waals surface area contributed by atoms with Crippen LogP contribution in [0.15, 0.2) is 0 Å². The summed E-state index contributed by atoms with van der Waals surface area (Å²) in [6, 6.07) is 0. The summed E-state index contributed by atoms with van der Waals surface area (Å²) in [6.45, 7) is 7.00. The highest BCUT2D eigenvalue weighted by Gasteiger charge is 2.63. The van der Waals surface area contributed by atoms with Crippen molar-refractivity contribution in [3.63, 3.8) is 0 Å². The number of hydrogen-bond donors (Lipinski definition) is 1. The van der Waals surface area contributed by atoms with Crippen molar-refractivity contribution in [1.29, 1.82) is 0 Å². The third-order valence-corrected chi connectivity index (χ3v) is 3.57. The van der Waals surface area contributed by atoms with Crippen LogP contribution in [0.4, 0.5) is 0 Å². The van der Waals surface area contributed by atoms with Crippen LogP contribution in [0.1, 0.15) is 52.9 Å². The predicted molar refractivity (Wildman–Crippen MR) is 51.9 cm³/mol. The van der Waals surface area contributed by atoms with E-state index in [1.807, 2.05) is 0 Å². The first kappa shape index (κ1) is 8.55. The molecule has 0 aliphatic heterocycles. The molecule has 1 heteroatoms. The van der Waals surface area contributed by atoms with Crippen LogP contribution in [0.2, 0.25) is 0 Å². The van der Waals surface area contributed by atoms with E-state index in [0.29, 0.717) is 10.8 Å². The van der Waals surface area contributed by atoms with Crippen LogP contribution in [0.25, 0.3) is 0 Å². The molecule has 0 atom stereocenters. The summed E-state index contributed by atoms with van der Waals surface area (Å²) in [4.78, 5) is 0. The van der Waals surface area contributed by atoms with Crippen molar-refractivity contribution in [3.05, 3.63) is 0 Å². The second-order valence-electron chi connectivity index (χ2n) is 6.17. The molecule has 0 heterocycles. The monoisotopic (exact) mass is 167 g/mol. The zero-order valence-corrected chi connectivity index (χ0v) is 8.61. The molecule has 0 aromatic heterocycles. The first-order chi connectivity index (χ1) is 5.37. The number of rotatable bonds is 2. The Morgan fingerprint density at radius 3 is 1.83 bits per heavy atom. The molecule has 2 aliphatic carbocycles. The van der Waals surface area contributed by atoms with E-state index >= 15 is 0 Å². The average Bonchev–Trinajstić information content (AvgIpc) is 2.65. The molecule has 1 nitrogen and oxygen atoms in total. The van der Waals surface area contributed by atoms with Crippen molar-refractivity contribution in [2.75, 3.05) is 0 Å². The molecule has 0 bridgehead atoms. The molecule has 0 aromatic carbocycles. The van der Waals surface area contributed by atoms with E-state index in [4.69, 9.17) is 5.73 Å². The summed E-state index contributed by atoms with van der Waals surface area (Å²) < 4.78 is 0. The van der Waals surface area contributed by atoms with Gasteiger partial charge in [-0.15, -0.1) is 0 Å². The topological polar surface area (TPSA) is 26.0 Å². The molecule has 70 valence electrons. The van der Waals surface area contributed by atoms with Crippen LogP contribution in [0, 0.1) is 10.8 Å². The molecule has 0 amide bonds. The van der Waals surface area contributed by atoms with Crippen molar-refractivity contribution in [1.82, 2.24) is 0 Å². The minimum atomic E-state index is 0.264. The van der Waals surface area contributed by atoms with Gasteiger partial charge < -0.3 is 5.73 Å². The molecule has 0 radical (unpaired) electrons. The van der Waals surface area contributed by atoms with Gasteiger partial charge in [0.1, 0.15) is 0 Å². The third kappa shape index (κ3) is 1.28. The van der Waals surface area contributed by atoms with Crippen LogP contribution >= 0.6 is 0 Å². The quantitative estimate of drug-likeness (QED) is 0.672. The molecule has 12 heavy (non-hydrogen) atoms. The van der Waals surface area contributed by atoms with Gasteiger partial charge in [-0.2, -0.15) is 0 Å². The second kappa shape index (κ2) is 2.06. The number of nitrogens with two attached hydrogens (primary N) is 1. The van der Waals surface area contributed by atoms with E-state index in [1.165, 1.54) is 32.1 Å². The lowest BCUT2D eigenvalue weighted by atomic mass is 9.78. The Balaban J connectivity index is 2.03. The summed E-state index contributed by atoms with van der Waals surface area (Å²) in [7, 11) is 0. The van der Waals surface area contributed by atoms with Gasteiger partial charge in [0.25, 0.3) is 0 Å². The Morgan fingerprint density at radius 1 is 1.08 bits per heavy atom.